The van der Waals surface area contributed by atoms with Crippen LogP contribution in [0.5, 0.6) is 5.75 Å². The normalized spacial score (nSPS) is 12.7. The molecule has 0 amide bonds. The number of aliphatic hydroxyl groups is 1. The van der Waals surface area contributed by atoms with Crippen LogP contribution in [0.25, 0.3) is 22.2 Å². The predicted octanol–water partition coefficient (Wildman–Crippen LogP) is 3.23. The summed E-state index contributed by atoms with van der Waals surface area (Å²) in [5.74, 6) is 0.663. The molecule has 0 bridgehead atoms. The van der Waals surface area contributed by atoms with Crippen molar-refractivity contribution < 1.29 is 14.4 Å². The van der Waals surface area contributed by atoms with Crippen LogP contribution in [0.15, 0.2) is 53.1 Å². The third kappa shape index (κ3) is 3.75. The molecule has 0 radical (unpaired) electrons. The van der Waals surface area contributed by atoms with E-state index in [0.29, 0.717) is 23.9 Å². The molecule has 5 nitrogen and oxygen atoms in total. The fraction of sp³-hybridized carbons (Fsp3) is 0.316. The van der Waals surface area contributed by atoms with E-state index in [0.717, 1.165) is 16.6 Å². The lowest BCUT2D eigenvalue weighted by Crippen LogP contribution is -2.35. The average molecular weight is 326 g/mol. The molecule has 0 aliphatic heterocycles. The number of nitrogens with one attached hydrogen (secondary N) is 1. The summed E-state index contributed by atoms with van der Waals surface area (Å²) in [5, 5.41) is 18.2. The van der Waals surface area contributed by atoms with Crippen LogP contribution in [0.1, 0.15) is 13.8 Å². The Morgan fingerprint density at radius 2 is 1.92 bits per heavy atom. The van der Waals surface area contributed by atoms with Gasteiger partial charge in [0.25, 0.3) is 0 Å². The molecule has 0 spiro atoms. The minimum absolute atomic E-state index is 0.207. The Bertz CT molecular complexity index is 784. The summed E-state index contributed by atoms with van der Waals surface area (Å²) in [7, 11) is 0. The molecule has 1 heterocycles. The van der Waals surface area contributed by atoms with Crippen molar-refractivity contribution in [2.75, 3.05) is 13.2 Å². The van der Waals surface area contributed by atoms with Crippen LogP contribution in [0, 0.1) is 0 Å². The van der Waals surface area contributed by atoms with Crippen molar-refractivity contribution >= 4 is 11.0 Å². The van der Waals surface area contributed by atoms with E-state index < -0.39 is 6.10 Å². The summed E-state index contributed by atoms with van der Waals surface area (Å²) < 4.78 is 11.3. The van der Waals surface area contributed by atoms with Gasteiger partial charge in [0, 0.05) is 18.2 Å². The van der Waals surface area contributed by atoms with E-state index in [2.05, 4.69) is 10.5 Å². The number of nitrogens with zero attached hydrogens (tertiary/aromatic N) is 1. The van der Waals surface area contributed by atoms with Gasteiger partial charge in [0.2, 0.25) is 0 Å². The van der Waals surface area contributed by atoms with Gasteiger partial charge in [-0.2, -0.15) is 0 Å². The highest BCUT2D eigenvalue weighted by molar-refractivity contribution is 5.96. The van der Waals surface area contributed by atoms with Crippen molar-refractivity contribution in [1.82, 2.24) is 10.5 Å². The fourth-order valence-corrected chi connectivity index (χ4v) is 2.49. The Labute approximate surface area is 141 Å². The molecule has 3 rings (SSSR count). The first kappa shape index (κ1) is 16.5. The Hall–Kier alpha value is -2.37. The van der Waals surface area contributed by atoms with Crippen LogP contribution in [0.2, 0.25) is 0 Å². The molecule has 1 atom stereocenters. The fourth-order valence-electron chi connectivity index (χ4n) is 2.49. The molecule has 0 saturated heterocycles. The van der Waals surface area contributed by atoms with Gasteiger partial charge >= 0.3 is 0 Å². The van der Waals surface area contributed by atoms with Gasteiger partial charge in [-0.3, -0.25) is 0 Å². The molecule has 3 aromatic rings. The van der Waals surface area contributed by atoms with Crippen molar-refractivity contribution in [3.63, 3.8) is 0 Å². The molecular formula is C19H22N2O3. The number of aliphatic hydroxyl groups excluding tert-OH is 1. The second-order valence-electron chi connectivity index (χ2n) is 6.05. The molecule has 0 fully saturated rings. The third-order valence-electron chi connectivity index (χ3n) is 3.70. The highest BCUT2D eigenvalue weighted by Crippen LogP contribution is 2.34. The molecule has 24 heavy (non-hydrogen) atoms. The van der Waals surface area contributed by atoms with Crippen molar-refractivity contribution in [2.45, 2.75) is 26.0 Å². The molecule has 0 saturated carbocycles. The van der Waals surface area contributed by atoms with Gasteiger partial charge in [-0.05, 0) is 12.1 Å². The SMILES string of the molecule is CC(C)NCC(O)COc1cccc2onc(-c3ccccc3)c12. The van der Waals surface area contributed by atoms with Gasteiger partial charge in [0.15, 0.2) is 5.58 Å². The first-order chi connectivity index (χ1) is 11.6. The zero-order chi connectivity index (χ0) is 16.9. The molecule has 2 aromatic carbocycles. The molecule has 5 heteroatoms. The van der Waals surface area contributed by atoms with Gasteiger partial charge in [0.05, 0.1) is 5.39 Å². The number of benzene rings is 2. The van der Waals surface area contributed by atoms with E-state index in [1.807, 2.05) is 62.4 Å². The Kier molecular flexibility index (Phi) is 5.13. The van der Waals surface area contributed by atoms with Crippen molar-refractivity contribution in [1.29, 1.82) is 0 Å². The summed E-state index contributed by atoms with van der Waals surface area (Å²) >= 11 is 0. The van der Waals surface area contributed by atoms with Gasteiger partial charge in [-0.15, -0.1) is 0 Å². The smallest absolute Gasteiger partial charge is 0.171 e. The maximum absolute atomic E-state index is 10.0. The number of rotatable bonds is 7. The zero-order valence-electron chi connectivity index (χ0n) is 13.9. The maximum Gasteiger partial charge on any atom is 0.171 e. The van der Waals surface area contributed by atoms with E-state index in [9.17, 15) is 5.11 Å². The summed E-state index contributed by atoms with van der Waals surface area (Å²) in [4.78, 5) is 0. The summed E-state index contributed by atoms with van der Waals surface area (Å²) in [6, 6.07) is 15.8. The molecule has 0 aliphatic carbocycles. The van der Waals surface area contributed by atoms with E-state index in [-0.39, 0.29) is 6.61 Å². The second-order valence-corrected chi connectivity index (χ2v) is 6.05. The number of fused-ring (bicyclic) bond motifs is 1. The summed E-state index contributed by atoms with van der Waals surface area (Å²) in [5.41, 5.74) is 2.38. The zero-order valence-corrected chi connectivity index (χ0v) is 13.9. The van der Waals surface area contributed by atoms with Crippen LogP contribution >= 0.6 is 0 Å². The van der Waals surface area contributed by atoms with Crippen LogP contribution < -0.4 is 10.1 Å². The highest BCUT2D eigenvalue weighted by Gasteiger charge is 2.16. The molecule has 0 aliphatic rings. The molecular weight excluding hydrogens is 304 g/mol. The monoisotopic (exact) mass is 326 g/mol. The minimum atomic E-state index is -0.581. The number of hydrogen-bond donors (Lipinski definition) is 2. The Morgan fingerprint density at radius 1 is 1.12 bits per heavy atom. The number of hydrogen-bond acceptors (Lipinski definition) is 5. The quantitative estimate of drug-likeness (QED) is 0.698. The lowest BCUT2D eigenvalue weighted by molar-refractivity contribution is 0.105. The van der Waals surface area contributed by atoms with Gasteiger partial charge < -0.3 is 19.7 Å². The predicted molar refractivity (Wildman–Crippen MR) is 94.1 cm³/mol. The van der Waals surface area contributed by atoms with Crippen LogP contribution in [-0.2, 0) is 0 Å². The van der Waals surface area contributed by atoms with E-state index in [1.54, 1.807) is 0 Å². The first-order valence-electron chi connectivity index (χ1n) is 8.13. The van der Waals surface area contributed by atoms with Gasteiger partial charge in [-0.25, -0.2) is 0 Å². The molecule has 2 N–H and O–H groups in total. The second kappa shape index (κ2) is 7.47. The van der Waals surface area contributed by atoms with Crippen LogP contribution in [0.4, 0.5) is 0 Å². The van der Waals surface area contributed by atoms with E-state index in [4.69, 9.17) is 9.26 Å². The van der Waals surface area contributed by atoms with E-state index in [1.165, 1.54) is 0 Å². The van der Waals surface area contributed by atoms with Crippen molar-refractivity contribution in [3.8, 4) is 17.0 Å². The minimum Gasteiger partial charge on any atom is -0.490 e. The lowest BCUT2D eigenvalue weighted by Gasteiger charge is -2.15. The first-order valence-corrected chi connectivity index (χ1v) is 8.13. The average Bonchev–Trinajstić information content (AvgIpc) is 3.03. The standard InChI is InChI=1S/C19H22N2O3/c1-13(2)20-11-15(22)12-23-16-9-6-10-17-18(16)19(21-24-17)14-7-4-3-5-8-14/h3-10,13,15,20,22H,11-12H2,1-2H3. The van der Waals surface area contributed by atoms with Gasteiger partial charge in [-0.1, -0.05) is 55.4 Å². The van der Waals surface area contributed by atoms with E-state index >= 15 is 0 Å². The Morgan fingerprint density at radius 3 is 2.67 bits per heavy atom. The summed E-state index contributed by atoms with van der Waals surface area (Å²) in [6.45, 7) is 4.77. The summed E-state index contributed by atoms with van der Waals surface area (Å²) in [6.07, 6.45) is -0.581. The highest BCUT2D eigenvalue weighted by atomic mass is 16.5. The van der Waals surface area contributed by atoms with Crippen molar-refractivity contribution in [2.24, 2.45) is 0 Å². The maximum atomic E-state index is 10.0. The van der Waals surface area contributed by atoms with Crippen LogP contribution in [0.3, 0.4) is 0 Å². The largest absolute Gasteiger partial charge is 0.490 e. The number of aromatic nitrogens is 1. The Balaban J connectivity index is 1.82. The molecule has 1 aromatic heterocycles. The van der Waals surface area contributed by atoms with Crippen molar-refractivity contribution in [3.05, 3.63) is 48.5 Å². The lowest BCUT2D eigenvalue weighted by atomic mass is 10.1. The van der Waals surface area contributed by atoms with Crippen LogP contribution in [-0.4, -0.2) is 35.6 Å². The topological polar surface area (TPSA) is 67.5 Å². The third-order valence-corrected chi connectivity index (χ3v) is 3.70. The molecule has 126 valence electrons. The number of ether oxygens (including phenoxy) is 1. The molecule has 1 unspecified atom stereocenters. The van der Waals surface area contributed by atoms with Gasteiger partial charge in [0.1, 0.15) is 24.2 Å².